The van der Waals surface area contributed by atoms with E-state index >= 15 is 0 Å². The Bertz CT molecular complexity index is 389. The van der Waals surface area contributed by atoms with Gasteiger partial charge in [0.2, 0.25) is 0 Å². The van der Waals surface area contributed by atoms with Gasteiger partial charge in [-0.05, 0) is 43.0 Å². The molecule has 4 heteroatoms. The maximum Gasteiger partial charge on any atom is 0.123 e. The predicted octanol–water partition coefficient (Wildman–Crippen LogP) is 1.83. The molecule has 0 radical (unpaired) electrons. The first kappa shape index (κ1) is 13.3. The van der Waals surface area contributed by atoms with Crippen LogP contribution in [-0.2, 0) is 6.42 Å². The van der Waals surface area contributed by atoms with Gasteiger partial charge in [-0.3, -0.25) is 0 Å². The molecule has 2 rings (SSSR count). The van der Waals surface area contributed by atoms with Crippen LogP contribution < -0.4 is 4.74 Å². The van der Waals surface area contributed by atoms with E-state index in [1.54, 1.807) is 13.2 Å². The first-order chi connectivity index (χ1) is 8.69. The molecule has 1 fully saturated rings. The molecule has 1 aliphatic heterocycles. The first-order valence-corrected chi connectivity index (χ1v) is 6.42. The largest absolute Gasteiger partial charge is 0.496 e. The van der Waals surface area contributed by atoms with Gasteiger partial charge in [0.25, 0.3) is 0 Å². The third-order valence-corrected chi connectivity index (χ3v) is 3.50. The molecule has 3 nitrogen and oxygen atoms in total. The number of halogens is 1. The van der Waals surface area contributed by atoms with Crippen molar-refractivity contribution in [1.29, 1.82) is 0 Å². The van der Waals surface area contributed by atoms with Crippen molar-refractivity contribution in [3.8, 4) is 5.75 Å². The Morgan fingerprint density at radius 2 is 2.11 bits per heavy atom. The summed E-state index contributed by atoms with van der Waals surface area (Å²) in [5.74, 6) is 0.522. The van der Waals surface area contributed by atoms with Gasteiger partial charge in [-0.25, -0.2) is 4.39 Å². The highest BCUT2D eigenvalue weighted by Gasteiger charge is 2.17. The number of methoxy groups -OCH3 is 1. The average Bonchev–Trinajstić information content (AvgIpc) is 2.38. The van der Waals surface area contributed by atoms with Gasteiger partial charge in [-0.2, -0.15) is 0 Å². The topological polar surface area (TPSA) is 32.7 Å². The Hall–Kier alpha value is -1.13. The summed E-state index contributed by atoms with van der Waals surface area (Å²) in [6.07, 6.45) is 2.29. The minimum absolute atomic E-state index is 0.148. The van der Waals surface area contributed by atoms with Gasteiger partial charge in [0.1, 0.15) is 11.6 Å². The Kier molecular flexibility index (Phi) is 4.55. The van der Waals surface area contributed by atoms with Crippen molar-refractivity contribution >= 4 is 0 Å². The number of nitrogens with zero attached hydrogens (tertiary/aromatic N) is 1. The summed E-state index contributed by atoms with van der Waals surface area (Å²) in [5, 5.41) is 9.43. The lowest BCUT2D eigenvalue weighted by molar-refractivity contribution is 0.0831. The highest BCUT2D eigenvalue weighted by molar-refractivity contribution is 5.34. The fraction of sp³-hybridized carbons (Fsp3) is 0.571. The fourth-order valence-electron chi connectivity index (χ4n) is 2.36. The van der Waals surface area contributed by atoms with Crippen molar-refractivity contribution < 1.29 is 14.2 Å². The van der Waals surface area contributed by atoms with Crippen molar-refractivity contribution in [2.24, 2.45) is 0 Å². The molecule has 0 atom stereocenters. The van der Waals surface area contributed by atoms with Crippen LogP contribution in [0.2, 0.25) is 0 Å². The summed E-state index contributed by atoms with van der Waals surface area (Å²) >= 11 is 0. The highest BCUT2D eigenvalue weighted by atomic mass is 19.1. The van der Waals surface area contributed by atoms with Crippen LogP contribution in [0.25, 0.3) is 0 Å². The van der Waals surface area contributed by atoms with E-state index in [0.29, 0.717) is 0 Å². The Morgan fingerprint density at radius 3 is 2.78 bits per heavy atom. The summed E-state index contributed by atoms with van der Waals surface area (Å²) in [6.45, 7) is 2.71. The molecule has 0 saturated carbocycles. The number of aliphatic hydroxyl groups excluding tert-OH is 1. The molecular weight excluding hydrogens is 233 g/mol. The molecule has 1 N–H and O–H groups in total. The summed E-state index contributed by atoms with van der Waals surface area (Å²) in [5.41, 5.74) is 0.906. The van der Waals surface area contributed by atoms with Crippen LogP contribution in [0.5, 0.6) is 5.75 Å². The van der Waals surface area contributed by atoms with Gasteiger partial charge in [0.15, 0.2) is 0 Å². The lowest BCUT2D eigenvalue weighted by Crippen LogP contribution is -2.37. The Morgan fingerprint density at radius 1 is 1.39 bits per heavy atom. The Labute approximate surface area is 107 Å². The zero-order chi connectivity index (χ0) is 13.0. The zero-order valence-corrected chi connectivity index (χ0v) is 10.7. The molecule has 0 amide bonds. The highest BCUT2D eigenvalue weighted by Crippen LogP contribution is 2.20. The summed E-state index contributed by atoms with van der Waals surface area (Å²) in [7, 11) is 1.61. The average molecular weight is 253 g/mol. The number of hydrogen-bond acceptors (Lipinski definition) is 3. The number of hydrogen-bond donors (Lipinski definition) is 1. The maximum atomic E-state index is 13.2. The van der Waals surface area contributed by atoms with Crippen LogP contribution in [0.3, 0.4) is 0 Å². The minimum atomic E-state index is -0.222. The summed E-state index contributed by atoms with van der Waals surface area (Å²) in [4.78, 5) is 2.30. The minimum Gasteiger partial charge on any atom is -0.496 e. The van der Waals surface area contributed by atoms with E-state index in [2.05, 4.69) is 4.90 Å². The van der Waals surface area contributed by atoms with E-state index in [1.807, 2.05) is 0 Å². The first-order valence-electron chi connectivity index (χ1n) is 6.42. The molecule has 1 heterocycles. The monoisotopic (exact) mass is 253 g/mol. The van der Waals surface area contributed by atoms with E-state index in [4.69, 9.17) is 4.74 Å². The third-order valence-electron chi connectivity index (χ3n) is 3.50. The van der Waals surface area contributed by atoms with Crippen LogP contribution in [-0.4, -0.2) is 42.9 Å². The molecular formula is C14H20FNO2. The zero-order valence-electron chi connectivity index (χ0n) is 10.7. The SMILES string of the molecule is COc1ccc(F)cc1CCN1CCC(O)CC1. The summed E-state index contributed by atoms with van der Waals surface area (Å²) < 4.78 is 18.4. The fourth-order valence-corrected chi connectivity index (χ4v) is 2.36. The standard InChI is InChI=1S/C14H20FNO2/c1-18-14-3-2-12(15)10-11(14)4-7-16-8-5-13(17)6-9-16/h2-3,10,13,17H,4-9H2,1H3. The van der Waals surface area contributed by atoms with E-state index in [-0.39, 0.29) is 11.9 Å². The molecule has 0 aliphatic carbocycles. The number of rotatable bonds is 4. The third kappa shape index (κ3) is 3.43. The smallest absolute Gasteiger partial charge is 0.123 e. The number of benzene rings is 1. The number of likely N-dealkylation sites (tertiary alicyclic amines) is 1. The molecule has 1 saturated heterocycles. The van der Waals surface area contributed by atoms with Gasteiger partial charge in [-0.1, -0.05) is 0 Å². The van der Waals surface area contributed by atoms with Gasteiger partial charge >= 0.3 is 0 Å². The molecule has 100 valence electrons. The van der Waals surface area contributed by atoms with E-state index in [9.17, 15) is 9.50 Å². The van der Waals surface area contributed by atoms with Crippen molar-refractivity contribution in [1.82, 2.24) is 4.90 Å². The van der Waals surface area contributed by atoms with E-state index < -0.39 is 0 Å². The predicted molar refractivity (Wildman–Crippen MR) is 68.3 cm³/mol. The normalized spacial score (nSPS) is 17.9. The molecule has 0 spiro atoms. The second-order valence-corrected chi connectivity index (χ2v) is 4.78. The number of aliphatic hydroxyl groups is 1. The quantitative estimate of drug-likeness (QED) is 0.888. The molecule has 18 heavy (non-hydrogen) atoms. The Balaban J connectivity index is 1.91. The molecule has 1 aliphatic rings. The van der Waals surface area contributed by atoms with Crippen LogP contribution in [0.4, 0.5) is 4.39 Å². The molecule has 0 aromatic heterocycles. The molecule has 0 unspecified atom stereocenters. The van der Waals surface area contributed by atoms with Crippen LogP contribution in [0.15, 0.2) is 18.2 Å². The lowest BCUT2D eigenvalue weighted by Gasteiger charge is -2.29. The van der Waals surface area contributed by atoms with Gasteiger partial charge in [0.05, 0.1) is 13.2 Å². The molecule has 1 aromatic rings. The van der Waals surface area contributed by atoms with Gasteiger partial charge < -0.3 is 14.7 Å². The second kappa shape index (κ2) is 6.16. The van der Waals surface area contributed by atoms with Gasteiger partial charge in [0, 0.05) is 19.6 Å². The summed E-state index contributed by atoms with van der Waals surface area (Å²) in [6, 6.07) is 4.63. The van der Waals surface area contributed by atoms with E-state index in [1.165, 1.54) is 12.1 Å². The van der Waals surface area contributed by atoms with Crippen LogP contribution in [0.1, 0.15) is 18.4 Å². The number of piperidine rings is 1. The van der Waals surface area contributed by atoms with Crippen LogP contribution >= 0.6 is 0 Å². The van der Waals surface area contributed by atoms with Crippen molar-refractivity contribution in [3.63, 3.8) is 0 Å². The van der Waals surface area contributed by atoms with Crippen molar-refractivity contribution in [3.05, 3.63) is 29.6 Å². The second-order valence-electron chi connectivity index (χ2n) is 4.78. The molecule has 1 aromatic carbocycles. The van der Waals surface area contributed by atoms with Crippen molar-refractivity contribution in [2.75, 3.05) is 26.7 Å². The molecule has 0 bridgehead atoms. The van der Waals surface area contributed by atoms with Crippen molar-refractivity contribution in [2.45, 2.75) is 25.4 Å². The van der Waals surface area contributed by atoms with Crippen LogP contribution in [0, 0.1) is 5.82 Å². The van der Waals surface area contributed by atoms with Gasteiger partial charge in [-0.15, -0.1) is 0 Å². The van der Waals surface area contributed by atoms with E-state index in [0.717, 1.165) is 50.2 Å². The lowest BCUT2D eigenvalue weighted by atomic mass is 10.1. The number of ether oxygens (including phenoxy) is 1. The maximum absolute atomic E-state index is 13.2.